The monoisotopic (exact) mass is 259 g/mol. The van der Waals surface area contributed by atoms with Crippen LogP contribution in [0.15, 0.2) is 24.4 Å². The lowest BCUT2D eigenvalue weighted by molar-refractivity contribution is 0.227. The molecule has 0 aromatic carbocycles. The molecule has 0 spiro atoms. The van der Waals surface area contributed by atoms with Crippen molar-refractivity contribution in [1.29, 1.82) is 0 Å². The Balaban J connectivity index is 1.46. The molecule has 1 fully saturated rings. The van der Waals surface area contributed by atoms with Crippen LogP contribution in [-0.4, -0.2) is 40.6 Å². The van der Waals surface area contributed by atoms with Gasteiger partial charge in [0.15, 0.2) is 0 Å². The molecule has 1 atom stereocenters. The SMILES string of the molecule is C[C@@H]1CCCN1CCCOc1ccc2[nH]ccc2n1. The second kappa shape index (κ2) is 5.61. The first-order valence-electron chi connectivity index (χ1n) is 7.14. The molecule has 1 aliphatic heterocycles. The van der Waals surface area contributed by atoms with Crippen LogP contribution in [0.2, 0.25) is 0 Å². The molecule has 4 heteroatoms. The van der Waals surface area contributed by atoms with E-state index >= 15 is 0 Å². The van der Waals surface area contributed by atoms with Gasteiger partial charge >= 0.3 is 0 Å². The highest BCUT2D eigenvalue weighted by Crippen LogP contribution is 2.17. The molecule has 3 rings (SSSR count). The highest BCUT2D eigenvalue weighted by molar-refractivity contribution is 5.75. The van der Waals surface area contributed by atoms with E-state index in [1.807, 2.05) is 24.4 Å². The van der Waals surface area contributed by atoms with E-state index in [0.29, 0.717) is 0 Å². The Morgan fingerprint density at radius 3 is 3.21 bits per heavy atom. The summed E-state index contributed by atoms with van der Waals surface area (Å²) in [6.07, 6.45) is 5.65. The van der Waals surface area contributed by atoms with Gasteiger partial charge in [-0.25, -0.2) is 4.98 Å². The Labute approximate surface area is 113 Å². The van der Waals surface area contributed by atoms with Crippen LogP contribution in [0, 0.1) is 0 Å². The van der Waals surface area contributed by atoms with Gasteiger partial charge in [-0.05, 0) is 44.9 Å². The maximum Gasteiger partial charge on any atom is 0.213 e. The Morgan fingerprint density at radius 1 is 1.42 bits per heavy atom. The van der Waals surface area contributed by atoms with Crippen LogP contribution in [-0.2, 0) is 0 Å². The summed E-state index contributed by atoms with van der Waals surface area (Å²) in [5.41, 5.74) is 2.02. The Hall–Kier alpha value is -1.55. The molecular formula is C15H21N3O. The lowest BCUT2D eigenvalue weighted by Crippen LogP contribution is -2.28. The second-order valence-corrected chi connectivity index (χ2v) is 5.29. The van der Waals surface area contributed by atoms with Crippen molar-refractivity contribution in [2.24, 2.45) is 0 Å². The average Bonchev–Trinajstić information content (AvgIpc) is 3.03. The number of likely N-dealkylation sites (tertiary alicyclic amines) is 1. The van der Waals surface area contributed by atoms with Gasteiger partial charge in [0.1, 0.15) is 0 Å². The van der Waals surface area contributed by atoms with E-state index in [9.17, 15) is 0 Å². The van der Waals surface area contributed by atoms with Crippen LogP contribution >= 0.6 is 0 Å². The fraction of sp³-hybridized carbons (Fsp3) is 0.533. The number of nitrogens with zero attached hydrogens (tertiary/aromatic N) is 2. The largest absolute Gasteiger partial charge is 0.478 e. The molecule has 19 heavy (non-hydrogen) atoms. The van der Waals surface area contributed by atoms with E-state index in [1.165, 1.54) is 19.4 Å². The minimum Gasteiger partial charge on any atom is -0.478 e. The van der Waals surface area contributed by atoms with Gasteiger partial charge in [-0.3, -0.25) is 0 Å². The third kappa shape index (κ3) is 2.89. The Morgan fingerprint density at radius 2 is 2.37 bits per heavy atom. The zero-order valence-electron chi connectivity index (χ0n) is 11.4. The minimum atomic E-state index is 0.724. The zero-order valence-corrected chi connectivity index (χ0v) is 11.4. The van der Waals surface area contributed by atoms with Gasteiger partial charge in [-0.1, -0.05) is 0 Å². The topological polar surface area (TPSA) is 41.1 Å². The van der Waals surface area contributed by atoms with Gasteiger partial charge in [0.25, 0.3) is 0 Å². The molecule has 0 radical (unpaired) electrons. The van der Waals surface area contributed by atoms with Crippen molar-refractivity contribution in [2.45, 2.75) is 32.2 Å². The van der Waals surface area contributed by atoms with E-state index in [0.717, 1.165) is 42.5 Å². The van der Waals surface area contributed by atoms with Crippen molar-refractivity contribution < 1.29 is 4.74 Å². The average molecular weight is 259 g/mol. The number of fused-ring (bicyclic) bond motifs is 1. The van der Waals surface area contributed by atoms with Gasteiger partial charge in [0, 0.05) is 24.8 Å². The lowest BCUT2D eigenvalue weighted by Gasteiger charge is -2.20. The van der Waals surface area contributed by atoms with Crippen molar-refractivity contribution in [1.82, 2.24) is 14.9 Å². The summed E-state index contributed by atoms with van der Waals surface area (Å²) in [4.78, 5) is 10.1. The molecule has 1 N–H and O–H groups in total. The lowest BCUT2D eigenvalue weighted by atomic mass is 10.2. The molecule has 0 aliphatic carbocycles. The first-order chi connectivity index (χ1) is 9.33. The van der Waals surface area contributed by atoms with Crippen molar-refractivity contribution in [3.8, 4) is 5.88 Å². The van der Waals surface area contributed by atoms with Gasteiger partial charge in [0.05, 0.1) is 17.6 Å². The zero-order chi connectivity index (χ0) is 13.1. The summed E-state index contributed by atoms with van der Waals surface area (Å²) in [5.74, 6) is 0.724. The fourth-order valence-electron chi connectivity index (χ4n) is 2.77. The molecule has 0 saturated carbocycles. The first kappa shape index (κ1) is 12.5. The Kier molecular flexibility index (Phi) is 3.69. The molecule has 2 aromatic heterocycles. The van der Waals surface area contributed by atoms with Gasteiger partial charge < -0.3 is 14.6 Å². The molecule has 0 amide bonds. The number of hydrogen-bond acceptors (Lipinski definition) is 3. The van der Waals surface area contributed by atoms with Crippen molar-refractivity contribution in [3.05, 3.63) is 24.4 Å². The molecule has 3 heterocycles. The van der Waals surface area contributed by atoms with E-state index < -0.39 is 0 Å². The summed E-state index contributed by atoms with van der Waals surface area (Å²) in [6.45, 7) is 5.43. The quantitative estimate of drug-likeness (QED) is 0.839. The standard InChI is InChI=1S/C15H21N3O/c1-12-4-2-9-18(12)10-3-11-19-15-6-5-13-14(17-15)7-8-16-13/h5-8,12,16H,2-4,9-11H2,1H3/t12-/m1/s1. The van der Waals surface area contributed by atoms with E-state index in [1.54, 1.807) is 0 Å². The normalized spacial score (nSPS) is 20.2. The molecular weight excluding hydrogens is 238 g/mol. The summed E-state index contributed by atoms with van der Waals surface area (Å²) in [6, 6.07) is 6.65. The fourth-order valence-corrected chi connectivity index (χ4v) is 2.77. The van der Waals surface area contributed by atoms with Crippen LogP contribution in [0.4, 0.5) is 0 Å². The molecule has 0 unspecified atom stereocenters. The number of ether oxygens (including phenoxy) is 1. The number of aromatic amines is 1. The second-order valence-electron chi connectivity index (χ2n) is 5.29. The number of hydrogen-bond donors (Lipinski definition) is 1. The van der Waals surface area contributed by atoms with Crippen LogP contribution in [0.3, 0.4) is 0 Å². The number of nitrogens with one attached hydrogen (secondary N) is 1. The minimum absolute atomic E-state index is 0.724. The molecule has 0 bridgehead atoms. The van der Waals surface area contributed by atoms with E-state index in [-0.39, 0.29) is 0 Å². The van der Waals surface area contributed by atoms with Crippen molar-refractivity contribution >= 4 is 11.0 Å². The third-order valence-electron chi connectivity index (χ3n) is 3.91. The van der Waals surface area contributed by atoms with Gasteiger partial charge in [-0.2, -0.15) is 0 Å². The van der Waals surface area contributed by atoms with E-state index in [4.69, 9.17) is 4.74 Å². The third-order valence-corrected chi connectivity index (χ3v) is 3.91. The maximum atomic E-state index is 5.73. The van der Waals surface area contributed by atoms with Crippen molar-refractivity contribution in [3.63, 3.8) is 0 Å². The number of aromatic nitrogens is 2. The maximum absolute atomic E-state index is 5.73. The highest BCUT2D eigenvalue weighted by Gasteiger charge is 2.19. The summed E-state index contributed by atoms with van der Waals surface area (Å²) in [7, 11) is 0. The van der Waals surface area contributed by atoms with Crippen LogP contribution < -0.4 is 4.74 Å². The molecule has 2 aromatic rings. The van der Waals surface area contributed by atoms with Crippen molar-refractivity contribution in [2.75, 3.05) is 19.7 Å². The van der Waals surface area contributed by atoms with Gasteiger partial charge in [-0.15, -0.1) is 0 Å². The van der Waals surface area contributed by atoms with Gasteiger partial charge in [0.2, 0.25) is 5.88 Å². The molecule has 1 aliphatic rings. The number of pyridine rings is 1. The molecule has 4 nitrogen and oxygen atoms in total. The van der Waals surface area contributed by atoms with Crippen LogP contribution in [0.1, 0.15) is 26.2 Å². The van der Waals surface area contributed by atoms with E-state index in [2.05, 4.69) is 21.8 Å². The number of H-pyrrole nitrogens is 1. The predicted octanol–water partition coefficient (Wildman–Crippen LogP) is 2.82. The molecule has 1 saturated heterocycles. The van der Waals surface area contributed by atoms with Crippen LogP contribution in [0.5, 0.6) is 5.88 Å². The first-order valence-corrected chi connectivity index (χ1v) is 7.14. The Bertz CT molecular complexity index is 537. The molecule has 102 valence electrons. The predicted molar refractivity (Wildman–Crippen MR) is 76.5 cm³/mol. The number of rotatable bonds is 5. The van der Waals surface area contributed by atoms with Crippen LogP contribution in [0.25, 0.3) is 11.0 Å². The highest BCUT2D eigenvalue weighted by atomic mass is 16.5. The summed E-state index contributed by atoms with van der Waals surface area (Å²) in [5, 5.41) is 0. The summed E-state index contributed by atoms with van der Waals surface area (Å²) >= 11 is 0. The smallest absolute Gasteiger partial charge is 0.213 e. The summed E-state index contributed by atoms with van der Waals surface area (Å²) < 4.78 is 5.73.